The average molecular weight is 476 g/mol. The number of sulfonamides is 1. The number of carbonyl (C=O) groups is 1. The van der Waals surface area contributed by atoms with E-state index in [1.807, 2.05) is 34.9 Å². The normalized spacial score (nSPS) is 13.8. The summed E-state index contributed by atoms with van der Waals surface area (Å²) in [5, 5.41) is 8.46. The predicted molar refractivity (Wildman–Crippen MR) is 130 cm³/mol. The number of nitrogens with two attached hydrogens (primary N) is 1. The first-order valence-corrected chi connectivity index (χ1v) is 12.7. The molecule has 2 heterocycles. The Morgan fingerprint density at radius 2 is 1.79 bits per heavy atom. The summed E-state index contributed by atoms with van der Waals surface area (Å²) >= 11 is 0. The van der Waals surface area contributed by atoms with Crippen molar-refractivity contribution in [1.29, 1.82) is 0 Å². The molecule has 1 aliphatic carbocycles. The van der Waals surface area contributed by atoms with E-state index in [0.29, 0.717) is 36.8 Å². The Morgan fingerprint density at radius 1 is 1.06 bits per heavy atom. The van der Waals surface area contributed by atoms with Crippen LogP contribution in [0.1, 0.15) is 35.2 Å². The van der Waals surface area contributed by atoms with Crippen LogP contribution in [-0.2, 0) is 16.4 Å². The van der Waals surface area contributed by atoms with Crippen LogP contribution in [0.3, 0.4) is 0 Å². The highest BCUT2D eigenvalue weighted by Gasteiger charge is 2.24. The van der Waals surface area contributed by atoms with Crippen LogP contribution in [-0.4, -0.2) is 35.1 Å². The second kappa shape index (κ2) is 9.00. The summed E-state index contributed by atoms with van der Waals surface area (Å²) in [4.78, 5) is 21.4. The molecule has 0 bridgehead atoms. The molecule has 8 nitrogen and oxygen atoms in total. The Kier molecular flexibility index (Phi) is 5.89. The molecule has 34 heavy (non-hydrogen) atoms. The average Bonchev–Trinajstić information content (AvgIpc) is 3.53. The number of Topliss-reactive ketones (excluding diaryl/α,β-unsaturated/α-hetero) is 1. The second-order valence-electron chi connectivity index (χ2n) is 8.63. The molecule has 0 saturated heterocycles. The quantitative estimate of drug-likeness (QED) is 0.356. The fraction of sp³-hybridized carbons (Fsp3) is 0.240. The van der Waals surface area contributed by atoms with Crippen LogP contribution < -0.4 is 10.5 Å². The number of benzene rings is 2. The third-order valence-electron chi connectivity index (χ3n) is 6.06. The van der Waals surface area contributed by atoms with Crippen molar-refractivity contribution in [3.05, 3.63) is 78.2 Å². The summed E-state index contributed by atoms with van der Waals surface area (Å²) in [6.07, 6.45) is 9.04. The highest BCUT2D eigenvalue weighted by molar-refractivity contribution is 7.89. The van der Waals surface area contributed by atoms with Crippen LogP contribution in [0, 0.1) is 5.92 Å². The molecular formula is C25H25N5O3S. The van der Waals surface area contributed by atoms with Gasteiger partial charge in [0.25, 0.3) is 0 Å². The van der Waals surface area contributed by atoms with E-state index < -0.39 is 10.0 Å². The molecule has 0 unspecified atom stereocenters. The highest BCUT2D eigenvalue weighted by atomic mass is 32.2. The van der Waals surface area contributed by atoms with Crippen LogP contribution in [0.15, 0.2) is 72.0 Å². The van der Waals surface area contributed by atoms with E-state index in [4.69, 9.17) is 5.14 Å². The zero-order chi connectivity index (χ0) is 23.7. The fourth-order valence-corrected chi connectivity index (χ4v) is 4.47. The number of primary sulfonamides is 1. The number of carbonyl (C=O) groups excluding carboxylic acids is 1. The minimum Gasteiger partial charge on any atom is -0.367 e. The van der Waals surface area contributed by atoms with Gasteiger partial charge < -0.3 is 5.32 Å². The Bertz CT molecular complexity index is 1440. The molecule has 4 aromatic rings. The molecule has 1 fully saturated rings. The van der Waals surface area contributed by atoms with Crippen molar-refractivity contribution in [2.45, 2.75) is 30.6 Å². The summed E-state index contributed by atoms with van der Waals surface area (Å²) in [6, 6.07) is 14.2. The third-order valence-corrected chi connectivity index (χ3v) is 6.99. The minimum atomic E-state index is -3.69. The lowest BCUT2D eigenvalue weighted by atomic mass is 10.0. The molecule has 9 heteroatoms. The van der Waals surface area contributed by atoms with E-state index in [1.165, 1.54) is 25.0 Å². The molecular weight excluding hydrogens is 450 g/mol. The van der Waals surface area contributed by atoms with Gasteiger partial charge in [-0.15, -0.1) is 0 Å². The van der Waals surface area contributed by atoms with Crippen molar-refractivity contribution in [1.82, 2.24) is 14.4 Å². The van der Waals surface area contributed by atoms with Crippen molar-refractivity contribution < 1.29 is 13.2 Å². The van der Waals surface area contributed by atoms with Gasteiger partial charge in [-0.05, 0) is 42.9 Å². The molecule has 5 rings (SSSR count). The molecule has 0 spiro atoms. The third kappa shape index (κ3) is 4.85. The number of rotatable bonds is 9. The molecule has 3 N–H and O–H groups in total. The van der Waals surface area contributed by atoms with E-state index in [9.17, 15) is 13.2 Å². The molecule has 2 aromatic heterocycles. The maximum atomic E-state index is 12.3. The molecule has 0 atom stereocenters. The SMILES string of the molecule is NS(=O)(=O)c1ccc(CCNc2nccn3c(-c4ccc(C(=O)CC5CC5)cc4)cnc23)cc1. The zero-order valence-corrected chi connectivity index (χ0v) is 19.3. The lowest BCUT2D eigenvalue weighted by Crippen LogP contribution is -2.12. The van der Waals surface area contributed by atoms with Crippen LogP contribution in [0.4, 0.5) is 5.82 Å². The maximum Gasteiger partial charge on any atom is 0.238 e. The smallest absolute Gasteiger partial charge is 0.238 e. The first kappa shape index (κ1) is 22.2. The van der Waals surface area contributed by atoms with E-state index in [-0.39, 0.29) is 10.7 Å². The van der Waals surface area contributed by atoms with E-state index in [1.54, 1.807) is 24.5 Å². The Labute approximate surface area is 197 Å². The summed E-state index contributed by atoms with van der Waals surface area (Å²) < 4.78 is 24.8. The minimum absolute atomic E-state index is 0.0980. The molecule has 2 aromatic carbocycles. The number of fused-ring (bicyclic) bond motifs is 1. The monoisotopic (exact) mass is 475 g/mol. The summed E-state index contributed by atoms with van der Waals surface area (Å²) in [5.74, 6) is 1.44. The van der Waals surface area contributed by atoms with Crippen molar-refractivity contribution in [3.8, 4) is 11.3 Å². The largest absolute Gasteiger partial charge is 0.367 e. The number of aromatic nitrogens is 3. The van der Waals surface area contributed by atoms with Gasteiger partial charge in [0.1, 0.15) is 0 Å². The molecule has 0 amide bonds. The molecule has 174 valence electrons. The van der Waals surface area contributed by atoms with Crippen molar-refractivity contribution in [2.24, 2.45) is 11.1 Å². The Hall–Kier alpha value is -3.56. The van der Waals surface area contributed by atoms with E-state index in [0.717, 1.165) is 22.4 Å². The molecule has 0 aliphatic heterocycles. The van der Waals surface area contributed by atoms with Gasteiger partial charge >= 0.3 is 0 Å². The number of ketones is 1. The number of nitrogens with one attached hydrogen (secondary N) is 1. The van der Waals surface area contributed by atoms with Crippen molar-refractivity contribution >= 4 is 27.3 Å². The van der Waals surface area contributed by atoms with Crippen LogP contribution in [0.5, 0.6) is 0 Å². The molecule has 1 saturated carbocycles. The van der Waals surface area contributed by atoms with Crippen molar-refractivity contribution in [3.63, 3.8) is 0 Å². The van der Waals surface area contributed by atoms with Gasteiger partial charge in [0.05, 0.1) is 16.8 Å². The van der Waals surface area contributed by atoms with Gasteiger partial charge in [-0.1, -0.05) is 36.4 Å². The van der Waals surface area contributed by atoms with Crippen molar-refractivity contribution in [2.75, 3.05) is 11.9 Å². The second-order valence-corrected chi connectivity index (χ2v) is 10.2. The number of nitrogens with zero attached hydrogens (tertiary/aromatic N) is 3. The van der Waals surface area contributed by atoms with E-state index >= 15 is 0 Å². The summed E-state index contributed by atoms with van der Waals surface area (Å²) in [6.45, 7) is 0.599. The number of hydrogen-bond acceptors (Lipinski definition) is 6. The maximum absolute atomic E-state index is 12.3. The first-order valence-electron chi connectivity index (χ1n) is 11.2. The van der Waals surface area contributed by atoms with Gasteiger partial charge in [0, 0.05) is 36.5 Å². The number of imidazole rings is 1. The lowest BCUT2D eigenvalue weighted by Gasteiger charge is -2.09. The van der Waals surface area contributed by atoms with E-state index in [2.05, 4.69) is 15.3 Å². The Balaban J connectivity index is 1.28. The highest BCUT2D eigenvalue weighted by Crippen LogP contribution is 2.33. The lowest BCUT2D eigenvalue weighted by molar-refractivity contribution is 0.0976. The predicted octanol–water partition coefficient (Wildman–Crippen LogP) is 3.68. The van der Waals surface area contributed by atoms with Gasteiger partial charge in [0.15, 0.2) is 17.2 Å². The fourth-order valence-electron chi connectivity index (χ4n) is 3.96. The molecule has 1 aliphatic rings. The van der Waals surface area contributed by atoms with Crippen LogP contribution in [0.25, 0.3) is 16.9 Å². The van der Waals surface area contributed by atoms with Gasteiger partial charge in [-0.3, -0.25) is 9.20 Å². The number of hydrogen-bond donors (Lipinski definition) is 2. The summed E-state index contributed by atoms with van der Waals surface area (Å²) in [5.41, 5.74) is 4.33. The Morgan fingerprint density at radius 3 is 2.47 bits per heavy atom. The summed E-state index contributed by atoms with van der Waals surface area (Å²) in [7, 11) is -3.69. The van der Waals surface area contributed by atoms with Crippen LogP contribution >= 0.6 is 0 Å². The van der Waals surface area contributed by atoms with Gasteiger partial charge in [0.2, 0.25) is 10.0 Å². The van der Waals surface area contributed by atoms with Gasteiger partial charge in [-0.25, -0.2) is 23.5 Å². The standard InChI is InChI=1S/C25H25N5O3S/c26-34(32,33)21-9-3-17(4-10-21)11-12-27-24-25-29-16-22(30(25)14-13-28-24)19-5-7-20(8-6-19)23(31)15-18-1-2-18/h3-10,13-14,16,18H,1-2,11-12,15H2,(H,27,28)(H2,26,32,33). The van der Waals surface area contributed by atoms with Gasteiger partial charge in [-0.2, -0.15) is 0 Å². The van der Waals surface area contributed by atoms with Crippen LogP contribution in [0.2, 0.25) is 0 Å². The number of anilines is 1. The molecule has 0 radical (unpaired) electrons. The zero-order valence-electron chi connectivity index (χ0n) is 18.5. The first-order chi connectivity index (χ1) is 16.4. The topological polar surface area (TPSA) is 119 Å².